The number of nitrogens with zero attached hydrogens (tertiary/aromatic N) is 2. The molecule has 0 bridgehead atoms. The second-order valence-corrected chi connectivity index (χ2v) is 7.07. The van der Waals surface area contributed by atoms with E-state index in [-0.39, 0.29) is 0 Å². The minimum atomic E-state index is -2.74. The molecular weight excluding hydrogens is 250 g/mol. The van der Waals surface area contributed by atoms with Crippen LogP contribution < -0.4 is 5.32 Å². The number of hydrogen-bond acceptors (Lipinski definition) is 5. The first kappa shape index (κ1) is 15.9. The van der Waals surface area contributed by atoms with E-state index in [1.165, 1.54) is 0 Å². The Kier molecular flexibility index (Phi) is 7.14. The van der Waals surface area contributed by atoms with Crippen molar-refractivity contribution < 1.29 is 8.42 Å². The van der Waals surface area contributed by atoms with Crippen LogP contribution in [0.3, 0.4) is 0 Å². The van der Waals surface area contributed by atoms with Crippen LogP contribution in [0, 0.1) is 0 Å². The summed E-state index contributed by atoms with van der Waals surface area (Å²) in [7, 11) is -2.74. The molecule has 0 radical (unpaired) electrons. The first-order chi connectivity index (χ1) is 8.57. The lowest BCUT2D eigenvalue weighted by atomic mass is 10.4. The zero-order chi connectivity index (χ0) is 13.4. The zero-order valence-corrected chi connectivity index (χ0v) is 12.5. The van der Waals surface area contributed by atoms with E-state index in [0.717, 1.165) is 39.3 Å². The fourth-order valence-electron chi connectivity index (χ4n) is 2.11. The maximum Gasteiger partial charge on any atom is 0.152 e. The fraction of sp³-hybridized carbons (Fsp3) is 1.00. The quantitative estimate of drug-likeness (QED) is 0.615. The van der Waals surface area contributed by atoms with Crippen molar-refractivity contribution in [2.24, 2.45) is 0 Å². The van der Waals surface area contributed by atoms with Gasteiger partial charge in [0.25, 0.3) is 0 Å². The molecule has 0 aromatic rings. The molecule has 1 heterocycles. The summed E-state index contributed by atoms with van der Waals surface area (Å²) in [5, 5.41) is 3.42. The molecular formula is C12H27N3O2S. The maximum absolute atomic E-state index is 11.3. The van der Waals surface area contributed by atoms with Gasteiger partial charge in [0.2, 0.25) is 0 Å². The normalized spacial score (nSPS) is 20.4. The molecule has 0 atom stereocenters. The number of sulfone groups is 1. The van der Waals surface area contributed by atoms with Crippen molar-refractivity contribution in [2.75, 3.05) is 63.9 Å². The van der Waals surface area contributed by atoms with Gasteiger partial charge in [0, 0.05) is 39.3 Å². The highest BCUT2D eigenvalue weighted by Crippen LogP contribution is 2.02. The monoisotopic (exact) mass is 277 g/mol. The summed E-state index contributed by atoms with van der Waals surface area (Å²) >= 11 is 0. The summed E-state index contributed by atoms with van der Waals surface area (Å²) in [4.78, 5) is 4.62. The summed E-state index contributed by atoms with van der Waals surface area (Å²) in [6.45, 7) is 11.9. The third-order valence-corrected chi connectivity index (χ3v) is 5.15. The van der Waals surface area contributed by atoms with Crippen molar-refractivity contribution in [2.45, 2.75) is 13.8 Å². The van der Waals surface area contributed by atoms with E-state index in [0.29, 0.717) is 24.6 Å². The van der Waals surface area contributed by atoms with Gasteiger partial charge in [-0.15, -0.1) is 0 Å². The molecule has 6 heteroatoms. The smallest absolute Gasteiger partial charge is 0.152 e. The van der Waals surface area contributed by atoms with Crippen LogP contribution in [0.4, 0.5) is 0 Å². The van der Waals surface area contributed by atoms with Crippen LogP contribution in [-0.4, -0.2) is 82.1 Å². The van der Waals surface area contributed by atoms with Crippen molar-refractivity contribution in [3.05, 3.63) is 0 Å². The SMILES string of the molecule is CCN(CC)CCNCCN1CCS(=O)(=O)CC1. The summed E-state index contributed by atoms with van der Waals surface area (Å²) < 4.78 is 22.5. The molecule has 1 saturated heterocycles. The highest BCUT2D eigenvalue weighted by molar-refractivity contribution is 7.91. The Hall–Kier alpha value is -0.170. The predicted molar refractivity (Wildman–Crippen MR) is 75.8 cm³/mol. The number of rotatable bonds is 8. The highest BCUT2D eigenvalue weighted by Gasteiger charge is 2.20. The van der Waals surface area contributed by atoms with Gasteiger partial charge in [-0.3, -0.25) is 0 Å². The van der Waals surface area contributed by atoms with Crippen LogP contribution in [0.5, 0.6) is 0 Å². The first-order valence-corrected chi connectivity index (χ1v) is 8.75. The summed E-state index contributed by atoms with van der Waals surface area (Å²) in [5.41, 5.74) is 0. The molecule has 0 aromatic heterocycles. The molecule has 1 rings (SSSR count). The maximum atomic E-state index is 11.3. The molecule has 1 aliphatic rings. The van der Waals surface area contributed by atoms with Crippen molar-refractivity contribution >= 4 is 9.84 Å². The van der Waals surface area contributed by atoms with Crippen LogP contribution >= 0.6 is 0 Å². The van der Waals surface area contributed by atoms with Gasteiger partial charge in [-0.2, -0.15) is 0 Å². The van der Waals surface area contributed by atoms with Gasteiger partial charge in [-0.25, -0.2) is 8.42 Å². The molecule has 1 fully saturated rings. The Morgan fingerprint density at radius 3 is 2.28 bits per heavy atom. The van der Waals surface area contributed by atoms with Crippen molar-refractivity contribution in [1.82, 2.24) is 15.1 Å². The zero-order valence-electron chi connectivity index (χ0n) is 11.7. The molecule has 0 spiro atoms. The van der Waals surface area contributed by atoms with E-state index < -0.39 is 9.84 Å². The molecule has 0 aliphatic carbocycles. The summed E-state index contributed by atoms with van der Waals surface area (Å²) in [6, 6.07) is 0. The van der Waals surface area contributed by atoms with Gasteiger partial charge >= 0.3 is 0 Å². The first-order valence-electron chi connectivity index (χ1n) is 6.93. The van der Waals surface area contributed by atoms with E-state index in [1.807, 2.05) is 0 Å². The number of hydrogen-bond donors (Lipinski definition) is 1. The Morgan fingerprint density at radius 2 is 1.72 bits per heavy atom. The number of likely N-dealkylation sites (N-methyl/N-ethyl adjacent to an activating group) is 1. The molecule has 1 aliphatic heterocycles. The van der Waals surface area contributed by atoms with Crippen LogP contribution in [0.15, 0.2) is 0 Å². The average Bonchev–Trinajstić information content (AvgIpc) is 2.35. The topological polar surface area (TPSA) is 52.6 Å². The Bertz CT molecular complexity index is 301. The van der Waals surface area contributed by atoms with Crippen molar-refractivity contribution in [3.8, 4) is 0 Å². The van der Waals surface area contributed by atoms with Gasteiger partial charge in [0.05, 0.1) is 11.5 Å². The second-order valence-electron chi connectivity index (χ2n) is 4.77. The van der Waals surface area contributed by atoms with Crippen LogP contribution in [-0.2, 0) is 9.84 Å². The van der Waals surface area contributed by atoms with E-state index in [2.05, 4.69) is 29.0 Å². The Balaban J connectivity index is 2.02. The molecule has 0 saturated carbocycles. The van der Waals surface area contributed by atoms with E-state index in [4.69, 9.17) is 0 Å². The lowest BCUT2D eigenvalue weighted by molar-refractivity contribution is 0.279. The summed E-state index contributed by atoms with van der Waals surface area (Å²) in [5.74, 6) is 0.652. The lowest BCUT2D eigenvalue weighted by Gasteiger charge is -2.26. The lowest BCUT2D eigenvalue weighted by Crippen LogP contribution is -2.43. The third kappa shape index (κ3) is 6.13. The van der Waals surface area contributed by atoms with Crippen LogP contribution in [0.1, 0.15) is 13.8 Å². The summed E-state index contributed by atoms with van der Waals surface area (Å²) in [6.07, 6.45) is 0. The molecule has 108 valence electrons. The van der Waals surface area contributed by atoms with Crippen molar-refractivity contribution in [1.29, 1.82) is 0 Å². The highest BCUT2D eigenvalue weighted by atomic mass is 32.2. The minimum absolute atomic E-state index is 0.326. The molecule has 5 nitrogen and oxygen atoms in total. The molecule has 1 N–H and O–H groups in total. The van der Waals surface area contributed by atoms with Gasteiger partial charge in [0.1, 0.15) is 0 Å². The van der Waals surface area contributed by atoms with Crippen LogP contribution in [0.25, 0.3) is 0 Å². The van der Waals surface area contributed by atoms with Gasteiger partial charge in [0.15, 0.2) is 9.84 Å². The average molecular weight is 277 g/mol. The number of nitrogens with one attached hydrogen (secondary N) is 1. The Morgan fingerprint density at radius 1 is 1.11 bits per heavy atom. The molecule has 0 unspecified atom stereocenters. The Labute approximate surface area is 111 Å². The van der Waals surface area contributed by atoms with Gasteiger partial charge in [-0.1, -0.05) is 13.8 Å². The van der Waals surface area contributed by atoms with Gasteiger partial charge < -0.3 is 15.1 Å². The molecule has 0 aromatic carbocycles. The molecule has 18 heavy (non-hydrogen) atoms. The van der Waals surface area contributed by atoms with E-state index >= 15 is 0 Å². The predicted octanol–water partition coefficient (Wildman–Crippen LogP) is -0.352. The van der Waals surface area contributed by atoms with E-state index in [1.54, 1.807) is 0 Å². The second kappa shape index (κ2) is 8.09. The molecule has 0 amide bonds. The fourth-order valence-corrected chi connectivity index (χ4v) is 3.39. The van der Waals surface area contributed by atoms with E-state index in [9.17, 15) is 8.42 Å². The minimum Gasteiger partial charge on any atom is -0.314 e. The van der Waals surface area contributed by atoms with Crippen LogP contribution in [0.2, 0.25) is 0 Å². The van der Waals surface area contributed by atoms with Gasteiger partial charge in [-0.05, 0) is 13.1 Å². The standard InChI is InChI=1S/C12H27N3O2S/c1-3-14(4-2)7-5-13-6-8-15-9-11-18(16,17)12-10-15/h13H,3-12H2,1-2H3. The third-order valence-electron chi connectivity index (χ3n) is 3.54. The van der Waals surface area contributed by atoms with Crippen molar-refractivity contribution in [3.63, 3.8) is 0 Å². The largest absolute Gasteiger partial charge is 0.314 e.